The minimum atomic E-state index is -0.0473. The zero-order valence-corrected chi connectivity index (χ0v) is 14.1. The lowest BCUT2D eigenvalue weighted by atomic mass is 10.1. The average Bonchev–Trinajstić information content (AvgIpc) is 3.16. The zero-order chi connectivity index (χ0) is 16.2. The molecule has 0 bridgehead atoms. The molecule has 0 aliphatic carbocycles. The van der Waals surface area contributed by atoms with Gasteiger partial charge in [-0.3, -0.25) is 9.48 Å². The Morgan fingerprint density at radius 3 is 2.57 bits per heavy atom. The number of aryl methyl sites for hydroxylation is 2. The Hall–Kier alpha value is -2.40. The molecule has 0 saturated carbocycles. The van der Waals surface area contributed by atoms with Gasteiger partial charge in [0.15, 0.2) is 0 Å². The highest BCUT2D eigenvalue weighted by molar-refractivity contribution is 7.07. The van der Waals surface area contributed by atoms with Crippen molar-refractivity contribution in [3.05, 3.63) is 75.2 Å². The van der Waals surface area contributed by atoms with Gasteiger partial charge in [-0.05, 0) is 60.0 Å². The second-order valence-corrected chi connectivity index (χ2v) is 6.38. The normalized spacial score (nSPS) is 10.7. The van der Waals surface area contributed by atoms with Crippen LogP contribution in [0.25, 0.3) is 0 Å². The van der Waals surface area contributed by atoms with E-state index >= 15 is 0 Å². The Morgan fingerprint density at radius 2 is 1.96 bits per heavy atom. The molecule has 4 nitrogen and oxygen atoms in total. The van der Waals surface area contributed by atoms with Crippen LogP contribution < -0.4 is 5.32 Å². The first-order chi connectivity index (χ1) is 11.1. The van der Waals surface area contributed by atoms with Crippen LogP contribution in [0.2, 0.25) is 0 Å². The maximum Gasteiger partial charge on any atom is 0.251 e. The minimum Gasteiger partial charge on any atom is -0.348 e. The second kappa shape index (κ2) is 6.79. The van der Waals surface area contributed by atoms with Crippen molar-refractivity contribution in [3.63, 3.8) is 0 Å². The highest BCUT2D eigenvalue weighted by Crippen LogP contribution is 2.10. The maximum absolute atomic E-state index is 12.1. The molecule has 2 heterocycles. The fourth-order valence-electron chi connectivity index (χ4n) is 2.45. The van der Waals surface area contributed by atoms with Gasteiger partial charge in [-0.25, -0.2) is 0 Å². The SMILES string of the molecule is Cc1cc(C)n(Cc2ccc(C(=O)NCc3ccsc3)cc2)n1. The number of carbonyl (C=O) groups is 1. The molecule has 0 saturated heterocycles. The second-order valence-electron chi connectivity index (χ2n) is 5.60. The molecule has 3 aromatic rings. The van der Waals surface area contributed by atoms with Crippen molar-refractivity contribution < 1.29 is 4.79 Å². The van der Waals surface area contributed by atoms with Gasteiger partial charge in [0.05, 0.1) is 12.2 Å². The summed E-state index contributed by atoms with van der Waals surface area (Å²) >= 11 is 1.63. The molecule has 1 amide bonds. The van der Waals surface area contributed by atoms with Gasteiger partial charge in [-0.1, -0.05) is 12.1 Å². The van der Waals surface area contributed by atoms with Gasteiger partial charge in [0.2, 0.25) is 0 Å². The van der Waals surface area contributed by atoms with Gasteiger partial charge in [-0.15, -0.1) is 0 Å². The summed E-state index contributed by atoms with van der Waals surface area (Å²) in [5, 5.41) is 11.4. The van der Waals surface area contributed by atoms with Gasteiger partial charge in [0.1, 0.15) is 0 Å². The summed E-state index contributed by atoms with van der Waals surface area (Å²) in [6, 6.07) is 11.8. The Bertz CT molecular complexity index is 788. The van der Waals surface area contributed by atoms with Crippen LogP contribution in [0, 0.1) is 13.8 Å². The van der Waals surface area contributed by atoms with Crippen LogP contribution in [0.1, 0.15) is 32.9 Å². The monoisotopic (exact) mass is 325 g/mol. The Kier molecular flexibility index (Phi) is 4.57. The van der Waals surface area contributed by atoms with Crippen LogP contribution in [0.15, 0.2) is 47.2 Å². The topological polar surface area (TPSA) is 46.9 Å². The van der Waals surface area contributed by atoms with Gasteiger partial charge >= 0.3 is 0 Å². The third kappa shape index (κ3) is 3.87. The lowest BCUT2D eigenvalue weighted by molar-refractivity contribution is 0.0951. The number of rotatable bonds is 5. The Labute approximate surface area is 139 Å². The van der Waals surface area contributed by atoms with Gasteiger partial charge < -0.3 is 5.32 Å². The van der Waals surface area contributed by atoms with Crippen molar-refractivity contribution in [3.8, 4) is 0 Å². The van der Waals surface area contributed by atoms with Crippen LogP contribution in [-0.4, -0.2) is 15.7 Å². The van der Waals surface area contributed by atoms with E-state index in [-0.39, 0.29) is 5.91 Å². The molecule has 3 rings (SSSR count). The van der Waals surface area contributed by atoms with Crippen LogP contribution in [0.4, 0.5) is 0 Å². The maximum atomic E-state index is 12.1. The van der Waals surface area contributed by atoms with Gasteiger partial charge in [0.25, 0.3) is 5.91 Å². The molecule has 1 N–H and O–H groups in total. The van der Waals surface area contributed by atoms with E-state index in [2.05, 4.69) is 16.5 Å². The molecule has 118 valence electrons. The van der Waals surface area contributed by atoms with Crippen molar-refractivity contribution in [1.29, 1.82) is 0 Å². The van der Waals surface area contributed by atoms with Crippen molar-refractivity contribution in [1.82, 2.24) is 15.1 Å². The predicted octanol–water partition coefficient (Wildman–Crippen LogP) is 3.54. The molecule has 0 radical (unpaired) electrons. The van der Waals surface area contributed by atoms with E-state index < -0.39 is 0 Å². The molecule has 5 heteroatoms. The fourth-order valence-corrected chi connectivity index (χ4v) is 3.12. The molecule has 0 fully saturated rings. The summed E-state index contributed by atoms with van der Waals surface area (Å²) < 4.78 is 1.97. The number of carbonyl (C=O) groups excluding carboxylic acids is 1. The first-order valence-corrected chi connectivity index (χ1v) is 8.45. The summed E-state index contributed by atoms with van der Waals surface area (Å²) in [4.78, 5) is 12.1. The smallest absolute Gasteiger partial charge is 0.251 e. The van der Waals surface area contributed by atoms with Crippen molar-refractivity contribution >= 4 is 17.2 Å². The van der Waals surface area contributed by atoms with Crippen molar-refractivity contribution in [2.75, 3.05) is 0 Å². The fraction of sp³-hybridized carbons (Fsp3) is 0.222. The summed E-state index contributed by atoms with van der Waals surface area (Å²) in [6.07, 6.45) is 0. The minimum absolute atomic E-state index is 0.0473. The van der Waals surface area contributed by atoms with Crippen LogP contribution >= 0.6 is 11.3 Å². The first kappa shape index (κ1) is 15.5. The third-order valence-electron chi connectivity index (χ3n) is 3.68. The molecule has 0 spiro atoms. The molecule has 0 aliphatic heterocycles. The molecular weight excluding hydrogens is 306 g/mol. The number of hydrogen-bond acceptors (Lipinski definition) is 3. The van der Waals surface area contributed by atoms with Crippen LogP contribution in [0.5, 0.6) is 0 Å². The molecule has 0 aliphatic rings. The molecular formula is C18H19N3OS. The summed E-state index contributed by atoms with van der Waals surface area (Å²) in [7, 11) is 0. The number of hydrogen-bond donors (Lipinski definition) is 1. The molecule has 23 heavy (non-hydrogen) atoms. The quantitative estimate of drug-likeness (QED) is 0.780. The van der Waals surface area contributed by atoms with E-state index in [0.717, 1.165) is 29.1 Å². The summed E-state index contributed by atoms with van der Waals surface area (Å²) in [5.74, 6) is -0.0473. The van der Waals surface area contributed by atoms with E-state index in [4.69, 9.17) is 0 Å². The number of benzene rings is 1. The first-order valence-electron chi connectivity index (χ1n) is 7.51. The standard InChI is InChI=1S/C18H19N3OS/c1-13-9-14(2)21(20-13)11-15-3-5-17(6-4-15)18(22)19-10-16-7-8-23-12-16/h3-9,12H,10-11H2,1-2H3,(H,19,22). The Balaban J connectivity index is 1.62. The molecule has 1 aromatic carbocycles. The van der Waals surface area contributed by atoms with Gasteiger partial charge in [0, 0.05) is 17.8 Å². The molecule has 0 unspecified atom stereocenters. The lowest BCUT2D eigenvalue weighted by Crippen LogP contribution is -2.22. The van der Waals surface area contributed by atoms with Gasteiger partial charge in [-0.2, -0.15) is 16.4 Å². The van der Waals surface area contributed by atoms with E-state index in [9.17, 15) is 4.79 Å². The lowest BCUT2D eigenvalue weighted by Gasteiger charge is -2.07. The van der Waals surface area contributed by atoms with E-state index in [0.29, 0.717) is 12.1 Å². The summed E-state index contributed by atoms with van der Waals surface area (Å²) in [6.45, 7) is 5.32. The van der Waals surface area contributed by atoms with Crippen LogP contribution in [-0.2, 0) is 13.1 Å². The van der Waals surface area contributed by atoms with Crippen LogP contribution in [0.3, 0.4) is 0 Å². The van der Waals surface area contributed by atoms with E-state index in [1.54, 1.807) is 11.3 Å². The summed E-state index contributed by atoms with van der Waals surface area (Å²) in [5.41, 5.74) is 5.10. The van der Waals surface area contributed by atoms with Crippen molar-refractivity contribution in [2.45, 2.75) is 26.9 Å². The zero-order valence-electron chi connectivity index (χ0n) is 13.2. The number of thiophene rings is 1. The third-order valence-corrected chi connectivity index (χ3v) is 4.42. The largest absolute Gasteiger partial charge is 0.348 e. The highest BCUT2D eigenvalue weighted by Gasteiger charge is 2.07. The number of nitrogens with one attached hydrogen (secondary N) is 1. The molecule has 0 atom stereocenters. The average molecular weight is 325 g/mol. The number of aromatic nitrogens is 2. The van der Waals surface area contributed by atoms with E-state index in [1.807, 2.05) is 59.6 Å². The number of amides is 1. The highest BCUT2D eigenvalue weighted by atomic mass is 32.1. The van der Waals surface area contributed by atoms with Crippen molar-refractivity contribution in [2.24, 2.45) is 0 Å². The number of nitrogens with zero attached hydrogens (tertiary/aromatic N) is 2. The predicted molar refractivity (Wildman–Crippen MR) is 92.7 cm³/mol. The van der Waals surface area contributed by atoms with E-state index in [1.165, 1.54) is 0 Å². The Morgan fingerprint density at radius 1 is 1.17 bits per heavy atom. The molecule has 2 aromatic heterocycles.